The molecular formula is C19H21NO4. The molecule has 24 heavy (non-hydrogen) atoms. The van der Waals surface area contributed by atoms with Crippen LogP contribution in [0.4, 0.5) is 0 Å². The molecule has 1 saturated heterocycles. The van der Waals surface area contributed by atoms with Gasteiger partial charge >= 0.3 is 0 Å². The van der Waals surface area contributed by atoms with E-state index >= 15 is 0 Å². The van der Waals surface area contributed by atoms with E-state index in [0.29, 0.717) is 25.4 Å². The van der Waals surface area contributed by atoms with E-state index in [4.69, 9.17) is 14.2 Å². The smallest absolute Gasteiger partial charge is 0.260 e. The number of benzene rings is 2. The van der Waals surface area contributed by atoms with Crippen molar-refractivity contribution >= 4 is 5.91 Å². The highest BCUT2D eigenvalue weighted by atomic mass is 16.5. The number of amides is 1. The van der Waals surface area contributed by atoms with Gasteiger partial charge in [-0.2, -0.15) is 0 Å². The third-order valence-corrected chi connectivity index (χ3v) is 4.01. The molecule has 1 amide bonds. The van der Waals surface area contributed by atoms with Gasteiger partial charge < -0.3 is 19.1 Å². The fourth-order valence-corrected chi connectivity index (χ4v) is 2.65. The molecule has 1 aliphatic heterocycles. The van der Waals surface area contributed by atoms with Crippen LogP contribution in [0.15, 0.2) is 54.6 Å². The first-order valence-electron chi connectivity index (χ1n) is 7.97. The fraction of sp³-hybridized carbons (Fsp3) is 0.316. The van der Waals surface area contributed by atoms with Gasteiger partial charge in [-0.3, -0.25) is 4.79 Å². The minimum atomic E-state index is -0.0788. The molecule has 1 fully saturated rings. The summed E-state index contributed by atoms with van der Waals surface area (Å²) >= 11 is 0. The first-order valence-corrected chi connectivity index (χ1v) is 7.97. The summed E-state index contributed by atoms with van der Waals surface area (Å²) in [5.74, 6) is 1.37. The SMILES string of the molecule is COc1ccc(OCC(=O)N2CCOC(c3ccccc3)C2)cc1. The zero-order chi connectivity index (χ0) is 16.8. The van der Waals surface area contributed by atoms with Crippen LogP contribution >= 0.6 is 0 Å². The van der Waals surface area contributed by atoms with Crippen molar-refractivity contribution in [2.75, 3.05) is 33.4 Å². The topological polar surface area (TPSA) is 48.0 Å². The third kappa shape index (κ3) is 4.06. The maximum absolute atomic E-state index is 12.4. The molecule has 0 N–H and O–H groups in total. The van der Waals surface area contributed by atoms with Crippen molar-refractivity contribution in [2.45, 2.75) is 6.10 Å². The Bertz CT molecular complexity index is 657. The summed E-state index contributed by atoms with van der Waals surface area (Å²) in [6.45, 7) is 1.70. The van der Waals surface area contributed by atoms with Crippen LogP contribution in [0.2, 0.25) is 0 Å². The summed E-state index contributed by atoms with van der Waals surface area (Å²) in [6, 6.07) is 17.2. The molecule has 3 rings (SSSR count). The van der Waals surface area contributed by atoms with Crippen molar-refractivity contribution in [2.24, 2.45) is 0 Å². The predicted molar refractivity (Wildman–Crippen MR) is 90.2 cm³/mol. The van der Waals surface area contributed by atoms with Crippen LogP contribution in [-0.4, -0.2) is 44.2 Å². The van der Waals surface area contributed by atoms with E-state index in [1.807, 2.05) is 30.3 Å². The van der Waals surface area contributed by atoms with Crippen molar-refractivity contribution in [3.8, 4) is 11.5 Å². The zero-order valence-corrected chi connectivity index (χ0v) is 13.7. The highest BCUT2D eigenvalue weighted by molar-refractivity contribution is 5.78. The molecule has 2 aromatic carbocycles. The van der Waals surface area contributed by atoms with Crippen LogP contribution in [-0.2, 0) is 9.53 Å². The molecule has 1 heterocycles. The van der Waals surface area contributed by atoms with E-state index < -0.39 is 0 Å². The molecule has 126 valence electrons. The molecule has 0 aliphatic carbocycles. The minimum Gasteiger partial charge on any atom is -0.497 e. The molecule has 1 unspecified atom stereocenters. The van der Waals surface area contributed by atoms with E-state index in [-0.39, 0.29) is 18.6 Å². The molecule has 0 aromatic heterocycles. The van der Waals surface area contributed by atoms with Crippen LogP contribution in [0, 0.1) is 0 Å². The second-order valence-corrected chi connectivity index (χ2v) is 5.57. The molecule has 1 atom stereocenters. The van der Waals surface area contributed by atoms with E-state index in [1.54, 1.807) is 36.3 Å². The molecule has 0 saturated carbocycles. The van der Waals surface area contributed by atoms with Gasteiger partial charge in [-0.1, -0.05) is 30.3 Å². The van der Waals surface area contributed by atoms with Gasteiger partial charge in [0, 0.05) is 6.54 Å². The van der Waals surface area contributed by atoms with E-state index in [2.05, 4.69) is 0 Å². The lowest BCUT2D eigenvalue weighted by Crippen LogP contribution is -2.44. The summed E-state index contributed by atoms with van der Waals surface area (Å²) in [7, 11) is 1.61. The lowest BCUT2D eigenvalue weighted by molar-refractivity contribution is -0.141. The molecule has 1 aliphatic rings. The molecule has 0 radical (unpaired) electrons. The van der Waals surface area contributed by atoms with Crippen molar-refractivity contribution in [3.05, 3.63) is 60.2 Å². The predicted octanol–water partition coefficient (Wildman–Crippen LogP) is 2.67. The first kappa shape index (κ1) is 16.3. The molecule has 5 heteroatoms. The van der Waals surface area contributed by atoms with Gasteiger partial charge in [0.2, 0.25) is 0 Å². The van der Waals surface area contributed by atoms with Crippen molar-refractivity contribution < 1.29 is 19.0 Å². The maximum Gasteiger partial charge on any atom is 0.260 e. The lowest BCUT2D eigenvalue weighted by Gasteiger charge is -2.33. The second-order valence-electron chi connectivity index (χ2n) is 5.57. The third-order valence-electron chi connectivity index (χ3n) is 4.01. The molecular weight excluding hydrogens is 306 g/mol. The Balaban J connectivity index is 1.54. The normalized spacial score (nSPS) is 17.4. The van der Waals surface area contributed by atoms with E-state index in [0.717, 1.165) is 11.3 Å². The summed E-state index contributed by atoms with van der Waals surface area (Å²) in [6.07, 6.45) is -0.0788. The average molecular weight is 327 g/mol. The highest BCUT2D eigenvalue weighted by Gasteiger charge is 2.25. The Labute approximate surface area is 141 Å². The molecule has 0 bridgehead atoms. The van der Waals surface area contributed by atoms with Crippen LogP contribution in [0.5, 0.6) is 11.5 Å². The van der Waals surface area contributed by atoms with Gasteiger partial charge in [0.15, 0.2) is 6.61 Å². The Morgan fingerprint density at radius 3 is 2.54 bits per heavy atom. The Kier molecular flexibility index (Phi) is 5.33. The van der Waals surface area contributed by atoms with Gasteiger partial charge in [-0.25, -0.2) is 0 Å². The first-order chi connectivity index (χ1) is 11.8. The van der Waals surface area contributed by atoms with E-state index in [1.165, 1.54) is 0 Å². The molecule has 2 aromatic rings. The van der Waals surface area contributed by atoms with Gasteiger partial charge in [-0.05, 0) is 29.8 Å². The number of methoxy groups -OCH3 is 1. The summed E-state index contributed by atoms with van der Waals surface area (Å²) in [5, 5.41) is 0. The van der Waals surface area contributed by atoms with Crippen LogP contribution in [0.3, 0.4) is 0 Å². The lowest BCUT2D eigenvalue weighted by atomic mass is 10.1. The minimum absolute atomic E-state index is 0.0217. The number of ether oxygens (including phenoxy) is 3. The number of morpholine rings is 1. The largest absolute Gasteiger partial charge is 0.497 e. The van der Waals surface area contributed by atoms with Gasteiger partial charge in [0.1, 0.15) is 17.6 Å². The number of carbonyl (C=O) groups is 1. The number of rotatable bonds is 5. The van der Waals surface area contributed by atoms with Crippen molar-refractivity contribution in [1.82, 2.24) is 4.90 Å². The van der Waals surface area contributed by atoms with Crippen LogP contribution in [0.1, 0.15) is 11.7 Å². The molecule has 0 spiro atoms. The van der Waals surface area contributed by atoms with Gasteiger partial charge in [-0.15, -0.1) is 0 Å². The Hall–Kier alpha value is -2.53. The zero-order valence-electron chi connectivity index (χ0n) is 13.7. The highest BCUT2D eigenvalue weighted by Crippen LogP contribution is 2.22. The number of carbonyl (C=O) groups excluding carboxylic acids is 1. The summed E-state index contributed by atoms with van der Waals surface area (Å²) < 4.78 is 16.5. The standard InChI is InChI=1S/C19H21NO4/c1-22-16-7-9-17(10-8-16)24-14-19(21)20-11-12-23-18(13-20)15-5-3-2-4-6-15/h2-10,18H,11-14H2,1H3. The van der Waals surface area contributed by atoms with Crippen LogP contribution < -0.4 is 9.47 Å². The van der Waals surface area contributed by atoms with Gasteiger partial charge in [0.05, 0.1) is 20.3 Å². The summed E-state index contributed by atoms with van der Waals surface area (Å²) in [4.78, 5) is 14.2. The number of hydrogen-bond acceptors (Lipinski definition) is 4. The summed E-state index contributed by atoms with van der Waals surface area (Å²) in [5.41, 5.74) is 1.09. The number of nitrogens with zero attached hydrogens (tertiary/aromatic N) is 1. The quantitative estimate of drug-likeness (QED) is 0.847. The van der Waals surface area contributed by atoms with Gasteiger partial charge in [0.25, 0.3) is 5.91 Å². The monoisotopic (exact) mass is 327 g/mol. The Morgan fingerprint density at radius 1 is 1.12 bits per heavy atom. The van der Waals surface area contributed by atoms with Crippen molar-refractivity contribution in [1.29, 1.82) is 0 Å². The maximum atomic E-state index is 12.4. The van der Waals surface area contributed by atoms with Crippen molar-refractivity contribution in [3.63, 3.8) is 0 Å². The van der Waals surface area contributed by atoms with Crippen LogP contribution in [0.25, 0.3) is 0 Å². The molecule has 5 nitrogen and oxygen atoms in total. The van der Waals surface area contributed by atoms with E-state index in [9.17, 15) is 4.79 Å². The average Bonchev–Trinajstić information content (AvgIpc) is 2.67. The second kappa shape index (κ2) is 7.84. The number of hydrogen-bond donors (Lipinski definition) is 0. The fourth-order valence-electron chi connectivity index (χ4n) is 2.65. The Morgan fingerprint density at radius 2 is 1.83 bits per heavy atom.